The average Bonchev–Trinajstić information content (AvgIpc) is 2.44. The van der Waals surface area contributed by atoms with Crippen LogP contribution in [0, 0.1) is 5.92 Å². The molecule has 1 N–H and O–H groups in total. The number of allylic oxidation sites excluding steroid dienone is 3. The van der Waals surface area contributed by atoms with Crippen molar-refractivity contribution in [3.8, 4) is 0 Å². The minimum absolute atomic E-state index is 0.000486. The lowest BCUT2D eigenvalue weighted by Gasteiger charge is -2.28. The van der Waals surface area contributed by atoms with E-state index in [0.717, 1.165) is 6.61 Å². The van der Waals surface area contributed by atoms with Gasteiger partial charge in [-0.2, -0.15) is 5.48 Å². The number of rotatable bonds is 2. The highest BCUT2D eigenvalue weighted by Crippen LogP contribution is 2.29. The molecule has 1 saturated heterocycles. The number of hydroxylamine groups is 1. The fraction of sp³-hybridized carbons (Fsp3) is 0.636. The van der Waals surface area contributed by atoms with Gasteiger partial charge < -0.3 is 4.84 Å². The highest BCUT2D eigenvalue weighted by Gasteiger charge is 2.37. The van der Waals surface area contributed by atoms with Crippen LogP contribution >= 0.6 is 0 Å². The van der Waals surface area contributed by atoms with Gasteiger partial charge in [-0.3, -0.25) is 0 Å². The Bertz CT molecular complexity index is 232. The third-order valence-electron chi connectivity index (χ3n) is 2.96. The van der Waals surface area contributed by atoms with Crippen molar-refractivity contribution in [2.75, 3.05) is 6.61 Å². The maximum atomic E-state index is 5.26. The van der Waals surface area contributed by atoms with Crippen molar-refractivity contribution in [3.05, 3.63) is 23.8 Å². The minimum Gasteiger partial charge on any atom is -0.301 e. The SMILES string of the molecule is CC=CC=C(C)C1(C)NOCC1C. The molecule has 0 amide bonds. The molecule has 0 radical (unpaired) electrons. The third kappa shape index (κ3) is 2.01. The summed E-state index contributed by atoms with van der Waals surface area (Å²) in [6.45, 7) is 9.33. The van der Waals surface area contributed by atoms with E-state index in [0.29, 0.717) is 5.92 Å². The van der Waals surface area contributed by atoms with Gasteiger partial charge in [-0.1, -0.05) is 30.7 Å². The number of hydrogen-bond acceptors (Lipinski definition) is 2. The van der Waals surface area contributed by atoms with Gasteiger partial charge in [0.2, 0.25) is 0 Å². The second kappa shape index (κ2) is 4.07. The van der Waals surface area contributed by atoms with E-state index in [4.69, 9.17) is 4.84 Å². The summed E-state index contributed by atoms with van der Waals surface area (Å²) in [4.78, 5) is 5.26. The van der Waals surface area contributed by atoms with E-state index in [-0.39, 0.29) is 5.54 Å². The molecule has 0 aliphatic carbocycles. The molecular formula is C11H19NO. The van der Waals surface area contributed by atoms with Crippen LogP contribution in [-0.4, -0.2) is 12.1 Å². The van der Waals surface area contributed by atoms with Crippen molar-refractivity contribution in [2.24, 2.45) is 5.92 Å². The zero-order valence-electron chi connectivity index (χ0n) is 8.92. The normalized spacial score (nSPS) is 36.0. The van der Waals surface area contributed by atoms with E-state index < -0.39 is 0 Å². The maximum Gasteiger partial charge on any atom is 0.0729 e. The number of hydrogen-bond donors (Lipinski definition) is 1. The lowest BCUT2D eigenvalue weighted by atomic mass is 9.83. The van der Waals surface area contributed by atoms with Crippen LogP contribution < -0.4 is 5.48 Å². The molecule has 2 nitrogen and oxygen atoms in total. The van der Waals surface area contributed by atoms with Gasteiger partial charge in [0.25, 0.3) is 0 Å². The van der Waals surface area contributed by atoms with Gasteiger partial charge in [0.05, 0.1) is 12.1 Å². The summed E-state index contributed by atoms with van der Waals surface area (Å²) in [5.41, 5.74) is 4.40. The Kier molecular flexibility index (Phi) is 3.28. The molecule has 2 atom stereocenters. The summed E-state index contributed by atoms with van der Waals surface area (Å²) in [7, 11) is 0. The van der Waals surface area contributed by atoms with E-state index >= 15 is 0 Å². The summed E-state index contributed by atoms with van der Waals surface area (Å²) >= 11 is 0. The van der Waals surface area contributed by atoms with Crippen molar-refractivity contribution >= 4 is 0 Å². The summed E-state index contributed by atoms with van der Waals surface area (Å²) in [5, 5.41) is 0. The molecule has 2 unspecified atom stereocenters. The van der Waals surface area contributed by atoms with Crippen LogP contribution in [-0.2, 0) is 4.84 Å². The van der Waals surface area contributed by atoms with Gasteiger partial charge in [-0.25, -0.2) is 0 Å². The van der Waals surface area contributed by atoms with E-state index in [1.165, 1.54) is 5.57 Å². The molecule has 0 spiro atoms. The Labute approximate surface area is 80.6 Å². The molecule has 0 bridgehead atoms. The van der Waals surface area contributed by atoms with Gasteiger partial charge in [0.15, 0.2) is 0 Å². The van der Waals surface area contributed by atoms with Crippen molar-refractivity contribution in [1.29, 1.82) is 0 Å². The van der Waals surface area contributed by atoms with Gasteiger partial charge >= 0.3 is 0 Å². The number of nitrogens with one attached hydrogen (secondary N) is 1. The average molecular weight is 181 g/mol. The van der Waals surface area contributed by atoms with Crippen LogP contribution in [0.25, 0.3) is 0 Å². The first-order chi connectivity index (χ1) is 6.11. The molecule has 74 valence electrons. The largest absolute Gasteiger partial charge is 0.301 e. The fourth-order valence-electron chi connectivity index (χ4n) is 1.47. The van der Waals surface area contributed by atoms with Crippen molar-refractivity contribution in [2.45, 2.75) is 33.2 Å². The molecule has 0 saturated carbocycles. The molecule has 2 heteroatoms. The Balaban J connectivity index is 2.79. The van der Waals surface area contributed by atoms with Crippen LogP contribution in [0.2, 0.25) is 0 Å². The zero-order valence-corrected chi connectivity index (χ0v) is 8.92. The summed E-state index contributed by atoms with van der Waals surface area (Å²) in [6.07, 6.45) is 6.23. The summed E-state index contributed by atoms with van der Waals surface area (Å²) < 4.78 is 0. The molecule has 13 heavy (non-hydrogen) atoms. The predicted octanol–water partition coefficient (Wildman–Crippen LogP) is 2.44. The van der Waals surface area contributed by atoms with E-state index in [2.05, 4.69) is 38.4 Å². The summed E-state index contributed by atoms with van der Waals surface area (Å²) in [6, 6.07) is 0. The zero-order chi connectivity index (χ0) is 9.90. The second-order valence-corrected chi connectivity index (χ2v) is 3.89. The van der Waals surface area contributed by atoms with Gasteiger partial charge in [0, 0.05) is 5.92 Å². The van der Waals surface area contributed by atoms with E-state index in [1.807, 2.05) is 13.0 Å². The van der Waals surface area contributed by atoms with Crippen LogP contribution in [0.15, 0.2) is 23.8 Å². The van der Waals surface area contributed by atoms with Crippen molar-refractivity contribution in [1.82, 2.24) is 5.48 Å². The maximum absolute atomic E-state index is 5.26. The Hall–Kier alpha value is -0.600. The predicted molar refractivity (Wildman–Crippen MR) is 55.2 cm³/mol. The standard InChI is InChI=1S/C11H19NO/c1-5-6-7-9(2)11(4)10(3)8-13-12-11/h5-7,10,12H,8H2,1-4H3. The molecule has 1 fully saturated rings. The molecule has 0 aromatic carbocycles. The van der Waals surface area contributed by atoms with Crippen LogP contribution in [0.4, 0.5) is 0 Å². The van der Waals surface area contributed by atoms with Gasteiger partial charge in [-0.05, 0) is 20.8 Å². The molecule has 1 rings (SSSR count). The molecular weight excluding hydrogens is 162 g/mol. The quantitative estimate of drug-likeness (QED) is 0.661. The Morgan fingerprint density at radius 3 is 2.77 bits per heavy atom. The van der Waals surface area contributed by atoms with Crippen LogP contribution in [0.1, 0.15) is 27.7 Å². The lowest BCUT2D eigenvalue weighted by molar-refractivity contribution is 0.0745. The monoisotopic (exact) mass is 181 g/mol. The molecule has 0 aromatic heterocycles. The van der Waals surface area contributed by atoms with E-state index in [1.54, 1.807) is 0 Å². The smallest absolute Gasteiger partial charge is 0.0729 e. The van der Waals surface area contributed by atoms with Gasteiger partial charge in [0.1, 0.15) is 0 Å². The fourth-order valence-corrected chi connectivity index (χ4v) is 1.47. The highest BCUT2D eigenvalue weighted by molar-refractivity contribution is 5.23. The van der Waals surface area contributed by atoms with Crippen LogP contribution in [0.3, 0.4) is 0 Å². The Morgan fingerprint density at radius 1 is 1.62 bits per heavy atom. The van der Waals surface area contributed by atoms with Crippen LogP contribution in [0.5, 0.6) is 0 Å². The molecule has 0 aromatic rings. The molecule has 1 heterocycles. The van der Waals surface area contributed by atoms with Crippen molar-refractivity contribution < 1.29 is 4.84 Å². The minimum atomic E-state index is -0.000486. The van der Waals surface area contributed by atoms with Crippen molar-refractivity contribution in [3.63, 3.8) is 0 Å². The molecule has 1 aliphatic heterocycles. The first kappa shape index (κ1) is 10.5. The second-order valence-electron chi connectivity index (χ2n) is 3.89. The van der Waals surface area contributed by atoms with Gasteiger partial charge in [-0.15, -0.1) is 0 Å². The Morgan fingerprint density at radius 2 is 2.31 bits per heavy atom. The topological polar surface area (TPSA) is 21.3 Å². The highest BCUT2D eigenvalue weighted by atomic mass is 16.7. The first-order valence-electron chi connectivity index (χ1n) is 4.80. The first-order valence-corrected chi connectivity index (χ1v) is 4.80. The lowest BCUT2D eigenvalue weighted by Crippen LogP contribution is -2.41. The molecule has 1 aliphatic rings. The summed E-state index contributed by atoms with van der Waals surface area (Å²) in [5.74, 6) is 0.522. The van der Waals surface area contributed by atoms with E-state index in [9.17, 15) is 0 Å². The third-order valence-corrected chi connectivity index (χ3v) is 2.96.